The number of hydrogen-bond acceptors (Lipinski definition) is 2. The van der Waals surface area contributed by atoms with Gasteiger partial charge in [0.2, 0.25) is 0 Å². The molecular weight excluding hydrogens is 415 g/mol. The molecule has 0 fully saturated rings. The van der Waals surface area contributed by atoms with Crippen molar-refractivity contribution in [1.82, 2.24) is 4.90 Å². The summed E-state index contributed by atoms with van der Waals surface area (Å²) in [5.41, 5.74) is 0.482. The number of carbonyl (C=O) groups excluding carboxylic acids is 1. The fourth-order valence-corrected chi connectivity index (χ4v) is 2.90. The molecule has 7 heteroatoms. The third-order valence-corrected chi connectivity index (χ3v) is 3.96. The molecule has 0 spiro atoms. The molecule has 1 rings (SSSR count). The summed E-state index contributed by atoms with van der Waals surface area (Å²) in [6.07, 6.45) is -2.50. The Morgan fingerprint density at radius 3 is 2.75 bits per heavy atom. The lowest BCUT2D eigenvalue weighted by atomic mass is 10.3. The molecule has 0 bridgehead atoms. The van der Waals surface area contributed by atoms with Gasteiger partial charge in [-0.15, -0.1) is 11.3 Å². The predicted molar refractivity (Wildman–Crippen MR) is 72.7 cm³/mol. The van der Waals surface area contributed by atoms with E-state index in [1.165, 1.54) is 11.3 Å². The summed E-state index contributed by atoms with van der Waals surface area (Å²) in [7, 11) is 0. The molecule has 16 heavy (non-hydrogen) atoms. The first-order valence-corrected chi connectivity index (χ1v) is 7.50. The van der Waals surface area contributed by atoms with Crippen LogP contribution in [0.1, 0.15) is 10.4 Å². The molecule has 0 aliphatic carbocycles. The molecule has 90 valence electrons. The van der Waals surface area contributed by atoms with Crippen molar-refractivity contribution in [2.45, 2.75) is 6.43 Å². The zero-order valence-corrected chi connectivity index (χ0v) is 12.7. The minimum Gasteiger partial charge on any atom is -0.332 e. The minimum atomic E-state index is -2.50. The van der Waals surface area contributed by atoms with Crippen LogP contribution in [0, 0.1) is 2.88 Å². The highest BCUT2D eigenvalue weighted by atomic mass is 127. The topological polar surface area (TPSA) is 20.3 Å². The highest BCUT2D eigenvalue weighted by Crippen LogP contribution is 2.18. The molecule has 0 aliphatic heterocycles. The van der Waals surface area contributed by atoms with Gasteiger partial charge in [-0.05, 0) is 28.7 Å². The molecule has 1 heterocycles. The van der Waals surface area contributed by atoms with E-state index in [0.29, 0.717) is 10.9 Å². The maximum absolute atomic E-state index is 12.3. The van der Waals surface area contributed by atoms with Crippen molar-refractivity contribution in [2.24, 2.45) is 0 Å². The van der Waals surface area contributed by atoms with Gasteiger partial charge in [-0.2, -0.15) is 0 Å². The maximum Gasteiger partial charge on any atom is 0.255 e. The van der Waals surface area contributed by atoms with E-state index in [1.54, 1.807) is 11.4 Å². The SMILES string of the molecule is O=C(c1csc(I)c1)N(CCBr)CC(F)F. The van der Waals surface area contributed by atoms with Crippen molar-refractivity contribution in [3.8, 4) is 0 Å². The number of carbonyl (C=O) groups is 1. The molecule has 0 radical (unpaired) electrons. The van der Waals surface area contributed by atoms with Gasteiger partial charge >= 0.3 is 0 Å². The first-order chi connectivity index (χ1) is 7.54. The van der Waals surface area contributed by atoms with Crippen molar-refractivity contribution in [2.75, 3.05) is 18.4 Å². The number of halogens is 4. The van der Waals surface area contributed by atoms with Crippen molar-refractivity contribution >= 4 is 55.8 Å². The van der Waals surface area contributed by atoms with Gasteiger partial charge in [0.15, 0.2) is 0 Å². The molecule has 0 atom stereocenters. The van der Waals surface area contributed by atoms with Crippen LogP contribution < -0.4 is 0 Å². The van der Waals surface area contributed by atoms with Crippen LogP contribution in [0.4, 0.5) is 8.78 Å². The van der Waals surface area contributed by atoms with Crippen LogP contribution in [0.25, 0.3) is 0 Å². The van der Waals surface area contributed by atoms with Crippen molar-refractivity contribution in [1.29, 1.82) is 0 Å². The van der Waals surface area contributed by atoms with E-state index >= 15 is 0 Å². The zero-order chi connectivity index (χ0) is 12.1. The van der Waals surface area contributed by atoms with Crippen LogP contribution in [0.5, 0.6) is 0 Å². The second-order valence-corrected chi connectivity index (χ2v) is 6.57. The lowest BCUT2D eigenvalue weighted by Gasteiger charge is -2.20. The Morgan fingerprint density at radius 2 is 2.31 bits per heavy atom. The summed E-state index contributed by atoms with van der Waals surface area (Å²) in [6.45, 7) is -0.230. The Balaban J connectivity index is 2.74. The van der Waals surface area contributed by atoms with Gasteiger partial charge in [-0.25, -0.2) is 8.78 Å². The number of alkyl halides is 3. The minimum absolute atomic E-state index is 0.287. The molecule has 0 aliphatic rings. The molecule has 1 aromatic rings. The van der Waals surface area contributed by atoms with Crippen LogP contribution in [-0.4, -0.2) is 35.7 Å². The van der Waals surface area contributed by atoms with Crippen molar-refractivity contribution in [3.05, 3.63) is 19.9 Å². The molecular formula is C9H9BrF2INOS. The Bertz CT molecular complexity index is 361. The van der Waals surface area contributed by atoms with Crippen LogP contribution in [0.15, 0.2) is 11.4 Å². The normalized spacial score (nSPS) is 10.8. The van der Waals surface area contributed by atoms with Crippen LogP contribution in [0.3, 0.4) is 0 Å². The van der Waals surface area contributed by atoms with Gasteiger partial charge in [-0.1, -0.05) is 15.9 Å². The van der Waals surface area contributed by atoms with Crippen LogP contribution >= 0.6 is 49.9 Å². The summed E-state index contributed by atoms with van der Waals surface area (Å²) in [5, 5.41) is 2.18. The molecule has 1 aromatic heterocycles. The molecule has 2 nitrogen and oxygen atoms in total. The Labute approximate surface area is 118 Å². The first-order valence-electron chi connectivity index (χ1n) is 4.42. The largest absolute Gasteiger partial charge is 0.332 e. The number of hydrogen-bond donors (Lipinski definition) is 0. The Morgan fingerprint density at radius 1 is 1.62 bits per heavy atom. The summed E-state index contributed by atoms with van der Waals surface area (Å²) < 4.78 is 25.5. The van der Waals surface area contributed by atoms with Crippen LogP contribution in [-0.2, 0) is 0 Å². The van der Waals surface area contributed by atoms with Crippen molar-refractivity contribution in [3.63, 3.8) is 0 Å². The summed E-state index contributed by atoms with van der Waals surface area (Å²) in [6, 6.07) is 1.71. The highest BCUT2D eigenvalue weighted by Gasteiger charge is 2.19. The van der Waals surface area contributed by atoms with Gasteiger partial charge in [0, 0.05) is 17.3 Å². The fraction of sp³-hybridized carbons (Fsp3) is 0.444. The maximum atomic E-state index is 12.3. The van der Waals surface area contributed by atoms with E-state index in [2.05, 4.69) is 38.5 Å². The van der Waals surface area contributed by atoms with E-state index in [0.717, 1.165) is 7.78 Å². The Kier molecular flexibility index (Phi) is 6.12. The number of amides is 1. The monoisotopic (exact) mass is 423 g/mol. The van der Waals surface area contributed by atoms with E-state index in [9.17, 15) is 13.6 Å². The number of nitrogens with zero attached hydrogens (tertiary/aromatic N) is 1. The smallest absolute Gasteiger partial charge is 0.255 e. The second kappa shape index (κ2) is 6.85. The summed E-state index contributed by atoms with van der Waals surface area (Å²) >= 11 is 6.67. The lowest BCUT2D eigenvalue weighted by molar-refractivity contribution is 0.0573. The van der Waals surface area contributed by atoms with E-state index in [4.69, 9.17) is 0 Å². The standard InChI is InChI=1S/C9H9BrF2INOS/c10-1-2-14(4-7(11)12)9(15)6-3-8(13)16-5-6/h3,5,7H,1-2,4H2. The highest BCUT2D eigenvalue weighted by molar-refractivity contribution is 14.1. The number of thiophene rings is 1. The molecule has 0 saturated carbocycles. The average molecular weight is 424 g/mol. The van der Waals surface area contributed by atoms with E-state index < -0.39 is 13.0 Å². The van der Waals surface area contributed by atoms with E-state index in [1.807, 2.05) is 0 Å². The predicted octanol–water partition coefficient (Wildman–Crippen LogP) is 3.45. The fourth-order valence-electron chi connectivity index (χ4n) is 1.15. The molecule has 0 aromatic carbocycles. The van der Waals surface area contributed by atoms with Gasteiger partial charge in [0.25, 0.3) is 12.3 Å². The van der Waals surface area contributed by atoms with Gasteiger partial charge in [0.1, 0.15) is 0 Å². The zero-order valence-electron chi connectivity index (χ0n) is 8.13. The van der Waals surface area contributed by atoms with Crippen LogP contribution in [0.2, 0.25) is 0 Å². The van der Waals surface area contributed by atoms with E-state index in [-0.39, 0.29) is 12.5 Å². The Hall–Kier alpha value is 0.240. The third kappa shape index (κ3) is 4.25. The second-order valence-electron chi connectivity index (χ2n) is 2.97. The first kappa shape index (κ1) is 14.3. The quantitative estimate of drug-likeness (QED) is 0.524. The lowest BCUT2D eigenvalue weighted by Crippen LogP contribution is -2.36. The number of rotatable bonds is 5. The van der Waals surface area contributed by atoms with Crippen molar-refractivity contribution < 1.29 is 13.6 Å². The molecule has 0 unspecified atom stereocenters. The summed E-state index contributed by atoms with van der Waals surface area (Å²) in [5.74, 6) is -0.334. The molecule has 1 amide bonds. The molecule has 0 N–H and O–H groups in total. The van der Waals surface area contributed by atoms with Gasteiger partial charge < -0.3 is 4.90 Å². The third-order valence-electron chi connectivity index (χ3n) is 1.81. The average Bonchev–Trinajstić information content (AvgIpc) is 2.62. The molecule has 0 saturated heterocycles. The van der Waals surface area contributed by atoms with Gasteiger partial charge in [-0.3, -0.25) is 4.79 Å². The van der Waals surface area contributed by atoms with Gasteiger partial charge in [0.05, 0.1) is 15.0 Å². The summed E-state index contributed by atoms with van der Waals surface area (Å²) in [4.78, 5) is 13.0.